The third kappa shape index (κ3) is 3.02. The van der Waals surface area contributed by atoms with E-state index in [0.29, 0.717) is 17.1 Å². The molecule has 0 aliphatic rings. The van der Waals surface area contributed by atoms with Crippen molar-refractivity contribution in [3.63, 3.8) is 0 Å². The number of aromatic nitrogens is 4. The van der Waals surface area contributed by atoms with Crippen LogP contribution in [0.3, 0.4) is 0 Å². The highest BCUT2D eigenvalue weighted by molar-refractivity contribution is 5.56. The third-order valence-corrected chi connectivity index (χ3v) is 2.83. The Morgan fingerprint density at radius 1 is 1.14 bits per heavy atom. The van der Waals surface area contributed by atoms with E-state index in [1.54, 1.807) is 18.3 Å². The van der Waals surface area contributed by atoms with Gasteiger partial charge in [0.15, 0.2) is 5.82 Å². The minimum Gasteiger partial charge on any atom is -0.378 e. The largest absolute Gasteiger partial charge is 0.378 e. The fourth-order valence-corrected chi connectivity index (χ4v) is 1.95. The van der Waals surface area contributed by atoms with Crippen molar-refractivity contribution in [3.05, 3.63) is 66.4 Å². The topological polar surface area (TPSA) is 55.6 Å². The molecule has 0 aliphatic carbocycles. The smallest absolute Gasteiger partial charge is 0.178 e. The molecular weight excluding hydrogens is 276 g/mol. The van der Waals surface area contributed by atoms with Crippen LogP contribution in [0.4, 0.5) is 14.5 Å². The van der Waals surface area contributed by atoms with Crippen LogP contribution in [0.2, 0.25) is 0 Å². The van der Waals surface area contributed by atoms with E-state index >= 15 is 0 Å². The fourth-order valence-electron chi connectivity index (χ4n) is 1.95. The van der Waals surface area contributed by atoms with Gasteiger partial charge in [0.25, 0.3) is 0 Å². The predicted octanol–water partition coefficient (Wildman–Crippen LogP) is 2.55. The minimum atomic E-state index is -0.602. The van der Waals surface area contributed by atoms with E-state index in [4.69, 9.17) is 0 Å². The van der Waals surface area contributed by atoms with Crippen LogP contribution in [0, 0.1) is 11.6 Å². The molecule has 3 aromatic rings. The Balaban J connectivity index is 1.82. The van der Waals surface area contributed by atoms with Crippen LogP contribution in [-0.2, 0) is 6.54 Å². The number of hydrogen-bond donors (Lipinski definition) is 1. The van der Waals surface area contributed by atoms with Crippen molar-refractivity contribution in [2.45, 2.75) is 6.54 Å². The standard InChI is InChI=1S/C14H11F2N5/c15-11-4-10(5-12(16)6-11)7-19-13-2-1-3-18-14(13)21-9-17-8-20-21/h1-6,8-9,19H,7H2. The van der Waals surface area contributed by atoms with Crippen molar-refractivity contribution < 1.29 is 8.78 Å². The highest BCUT2D eigenvalue weighted by atomic mass is 19.1. The van der Waals surface area contributed by atoms with E-state index < -0.39 is 11.6 Å². The monoisotopic (exact) mass is 287 g/mol. The second kappa shape index (κ2) is 5.66. The number of rotatable bonds is 4. The molecule has 0 amide bonds. The molecule has 0 bridgehead atoms. The summed E-state index contributed by atoms with van der Waals surface area (Å²) in [6.07, 6.45) is 4.56. The predicted molar refractivity (Wildman–Crippen MR) is 72.8 cm³/mol. The summed E-state index contributed by atoms with van der Waals surface area (Å²) in [6.45, 7) is 0.266. The van der Waals surface area contributed by atoms with Crippen molar-refractivity contribution in [1.29, 1.82) is 0 Å². The van der Waals surface area contributed by atoms with Crippen molar-refractivity contribution in [3.8, 4) is 5.82 Å². The van der Waals surface area contributed by atoms with Crippen LogP contribution < -0.4 is 5.32 Å². The molecule has 0 aliphatic heterocycles. The quantitative estimate of drug-likeness (QED) is 0.801. The number of hydrogen-bond acceptors (Lipinski definition) is 4. The zero-order valence-electron chi connectivity index (χ0n) is 10.9. The molecule has 21 heavy (non-hydrogen) atoms. The van der Waals surface area contributed by atoms with Gasteiger partial charge in [0.05, 0.1) is 5.69 Å². The van der Waals surface area contributed by atoms with Gasteiger partial charge in [-0.1, -0.05) is 0 Å². The second-order valence-electron chi connectivity index (χ2n) is 4.35. The molecular formula is C14H11F2N5. The summed E-state index contributed by atoms with van der Waals surface area (Å²) in [5.74, 6) is -0.643. The summed E-state index contributed by atoms with van der Waals surface area (Å²) in [6, 6.07) is 6.96. The first-order valence-corrected chi connectivity index (χ1v) is 6.21. The number of benzene rings is 1. The first-order chi connectivity index (χ1) is 10.2. The maximum atomic E-state index is 13.2. The number of nitrogens with one attached hydrogen (secondary N) is 1. The molecule has 0 unspecified atom stereocenters. The number of pyridine rings is 1. The lowest BCUT2D eigenvalue weighted by Gasteiger charge is -2.10. The van der Waals surface area contributed by atoms with Crippen LogP contribution in [0.25, 0.3) is 5.82 Å². The summed E-state index contributed by atoms with van der Waals surface area (Å²) >= 11 is 0. The Labute approximate surface area is 119 Å². The highest BCUT2D eigenvalue weighted by Crippen LogP contribution is 2.17. The lowest BCUT2D eigenvalue weighted by atomic mass is 10.2. The van der Waals surface area contributed by atoms with E-state index in [2.05, 4.69) is 20.4 Å². The van der Waals surface area contributed by atoms with Gasteiger partial charge in [-0.25, -0.2) is 23.4 Å². The van der Waals surface area contributed by atoms with E-state index in [-0.39, 0.29) is 6.54 Å². The van der Waals surface area contributed by atoms with Crippen molar-refractivity contribution in [2.24, 2.45) is 0 Å². The van der Waals surface area contributed by atoms with Crippen LogP contribution in [0.5, 0.6) is 0 Å². The molecule has 1 N–H and O–H groups in total. The molecule has 3 rings (SSSR count). The molecule has 0 spiro atoms. The lowest BCUT2D eigenvalue weighted by molar-refractivity contribution is 0.580. The molecule has 0 atom stereocenters. The summed E-state index contributed by atoms with van der Waals surface area (Å²) in [5, 5.41) is 7.10. The van der Waals surface area contributed by atoms with Crippen LogP contribution in [0.1, 0.15) is 5.56 Å². The van der Waals surface area contributed by atoms with Crippen LogP contribution in [0.15, 0.2) is 49.2 Å². The summed E-state index contributed by atoms with van der Waals surface area (Å²) < 4.78 is 27.8. The molecule has 7 heteroatoms. The zero-order valence-corrected chi connectivity index (χ0v) is 10.9. The van der Waals surface area contributed by atoms with E-state index in [1.807, 2.05) is 0 Å². The van der Waals surface area contributed by atoms with Crippen molar-refractivity contribution in [1.82, 2.24) is 19.7 Å². The van der Waals surface area contributed by atoms with Gasteiger partial charge in [-0.3, -0.25) is 0 Å². The molecule has 106 valence electrons. The van der Waals surface area contributed by atoms with Gasteiger partial charge in [0.2, 0.25) is 0 Å². The molecule has 0 radical (unpaired) electrons. The first kappa shape index (κ1) is 13.2. The number of anilines is 1. The maximum Gasteiger partial charge on any atom is 0.178 e. The molecule has 2 aromatic heterocycles. The lowest BCUT2D eigenvalue weighted by Crippen LogP contribution is -2.07. The highest BCUT2D eigenvalue weighted by Gasteiger charge is 2.07. The van der Waals surface area contributed by atoms with Gasteiger partial charge in [-0.15, -0.1) is 0 Å². The number of halogens is 2. The van der Waals surface area contributed by atoms with E-state index in [9.17, 15) is 8.78 Å². The molecule has 1 aromatic carbocycles. The van der Waals surface area contributed by atoms with Gasteiger partial charge in [-0.2, -0.15) is 5.10 Å². The minimum absolute atomic E-state index is 0.266. The maximum absolute atomic E-state index is 13.2. The van der Waals surface area contributed by atoms with Crippen LogP contribution in [-0.4, -0.2) is 19.7 Å². The van der Waals surface area contributed by atoms with Crippen molar-refractivity contribution in [2.75, 3.05) is 5.32 Å². The molecule has 0 fully saturated rings. The Morgan fingerprint density at radius 2 is 1.95 bits per heavy atom. The normalized spacial score (nSPS) is 10.6. The first-order valence-electron chi connectivity index (χ1n) is 6.21. The van der Waals surface area contributed by atoms with Gasteiger partial charge < -0.3 is 5.32 Å². The second-order valence-corrected chi connectivity index (χ2v) is 4.35. The summed E-state index contributed by atoms with van der Waals surface area (Å²) in [5.41, 5.74) is 1.19. The van der Waals surface area contributed by atoms with E-state index in [1.165, 1.54) is 29.5 Å². The Kier molecular flexibility index (Phi) is 3.55. The zero-order chi connectivity index (χ0) is 14.7. The summed E-state index contributed by atoms with van der Waals surface area (Å²) in [4.78, 5) is 8.08. The van der Waals surface area contributed by atoms with Gasteiger partial charge >= 0.3 is 0 Å². The average molecular weight is 287 g/mol. The number of nitrogens with zero attached hydrogens (tertiary/aromatic N) is 4. The SMILES string of the molecule is Fc1cc(F)cc(CNc2cccnc2-n2cncn2)c1. The van der Waals surface area contributed by atoms with Crippen molar-refractivity contribution >= 4 is 5.69 Å². The average Bonchev–Trinajstić information content (AvgIpc) is 2.98. The van der Waals surface area contributed by atoms with Crippen LogP contribution >= 0.6 is 0 Å². The molecule has 5 nitrogen and oxygen atoms in total. The fraction of sp³-hybridized carbons (Fsp3) is 0.0714. The Morgan fingerprint density at radius 3 is 2.67 bits per heavy atom. The van der Waals surface area contributed by atoms with Gasteiger partial charge in [0, 0.05) is 18.8 Å². The van der Waals surface area contributed by atoms with Gasteiger partial charge in [0.1, 0.15) is 24.3 Å². The van der Waals surface area contributed by atoms with Gasteiger partial charge in [-0.05, 0) is 29.8 Å². The molecule has 2 heterocycles. The van der Waals surface area contributed by atoms with E-state index in [0.717, 1.165) is 6.07 Å². The summed E-state index contributed by atoms with van der Waals surface area (Å²) in [7, 11) is 0. The Bertz CT molecular complexity index is 723. The molecule has 0 saturated carbocycles. The molecule has 0 saturated heterocycles. The Hall–Kier alpha value is -2.83. The third-order valence-electron chi connectivity index (χ3n) is 2.83.